The van der Waals surface area contributed by atoms with Crippen molar-refractivity contribution in [3.8, 4) is 0 Å². The topological polar surface area (TPSA) is 58.2 Å². The van der Waals surface area contributed by atoms with E-state index in [-0.39, 0.29) is 5.91 Å². The van der Waals surface area contributed by atoms with Crippen molar-refractivity contribution in [2.24, 2.45) is 0 Å². The van der Waals surface area contributed by atoms with Gasteiger partial charge in [0, 0.05) is 0 Å². The third kappa shape index (κ3) is 1.48. The van der Waals surface area contributed by atoms with Crippen LogP contribution in [0.4, 0.5) is 4.79 Å². The second-order valence-corrected chi connectivity index (χ2v) is 3.90. The number of benzene rings is 1. The minimum atomic E-state index is -0.940. The van der Waals surface area contributed by atoms with Gasteiger partial charge < -0.3 is 5.32 Å². The van der Waals surface area contributed by atoms with Crippen LogP contribution in [-0.2, 0) is 10.3 Å². The maximum atomic E-state index is 11.6. The zero-order valence-electron chi connectivity index (χ0n) is 8.63. The van der Waals surface area contributed by atoms with E-state index in [1.807, 2.05) is 31.2 Å². The predicted octanol–water partition coefficient (Wildman–Crippen LogP) is 1.05. The molecular weight excluding hydrogens is 192 g/mol. The summed E-state index contributed by atoms with van der Waals surface area (Å²) in [7, 11) is 0. The fraction of sp³-hybridized carbons (Fsp3) is 0.273. The average Bonchev–Trinajstić information content (AvgIpc) is 2.42. The maximum absolute atomic E-state index is 11.6. The van der Waals surface area contributed by atoms with Gasteiger partial charge in [-0.05, 0) is 19.4 Å². The van der Waals surface area contributed by atoms with E-state index in [4.69, 9.17) is 0 Å². The average molecular weight is 204 g/mol. The first kappa shape index (κ1) is 9.71. The smallest absolute Gasteiger partial charge is 0.320 e. The second-order valence-electron chi connectivity index (χ2n) is 3.90. The van der Waals surface area contributed by atoms with E-state index >= 15 is 0 Å². The summed E-state index contributed by atoms with van der Waals surface area (Å²) in [5, 5.41) is 4.85. The highest BCUT2D eigenvalue weighted by atomic mass is 16.2. The van der Waals surface area contributed by atoms with Crippen molar-refractivity contribution in [1.82, 2.24) is 10.6 Å². The molecular formula is C11H12N2O2. The molecule has 1 saturated heterocycles. The maximum Gasteiger partial charge on any atom is 0.322 e. The molecule has 1 heterocycles. The Kier molecular flexibility index (Phi) is 2.00. The molecule has 1 atom stereocenters. The van der Waals surface area contributed by atoms with Gasteiger partial charge in [-0.25, -0.2) is 4.79 Å². The summed E-state index contributed by atoms with van der Waals surface area (Å²) in [4.78, 5) is 22.7. The van der Waals surface area contributed by atoms with Crippen LogP contribution in [0.15, 0.2) is 24.3 Å². The number of hydrogen-bond donors (Lipinski definition) is 2. The molecule has 1 aromatic carbocycles. The summed E-state index contributed by atoms with van der Waals surface area (Å²) in [5.74, 6) is -0.309. The van der Waals surface area contributed by atoms with Crippen molar-refractivity contribution < 1.29 is 9.59 Å². The Labute approximate surface area is 87.7 Å². The lowest BCUT2D eigenvalue weighted by molar-refractivity contribution is -0.123. The highest BCUT2D eigenvalue weighted by molar-refractivity contribution is 6.07. The van der Waals surface area contributed by atoms with Crippen molar-refractivity contribution in [3.05, 3.63) is 35.4 Å². The molecule has 0 spiro atoms. The van der Waals surface area contributed by atoms with Gasteiger partial charge >= 0.3 is 6.03 Å². The van der Waals surface area contributed by atoms with E-state index in [0.717, 1.165) is 11.1 Å². The minimum absolute atomic E-state index is 0.309. The Bertz CT molecular complexity index is 425. The molecule has 1 aliphatic heterocycles. The summed E-state index contributed by atoms with van der Waals surface area (Å²) >= 11 is 0. The molecule has 4 nitrogen and oxygen atoms in total. The molecule has 2 rings (SSSR count). The molecule has 78 valence electrons. The van der Waals surface area contributed by atoms with Crippen molar-refractivity contribution in [3.63, 3.8) is 0 Å². The number of amides is 3. The van der Waals surface area contributed by atoms with E-state index in [1.54, 1.807) is 6.92 Å². The van der Waals surface area contributed by atoms with Gasteiger partial charge in [-0.15, -0.1) is 0 Å². The van der Waals surface area contributed by atoms with Crippen molar-refractivity contribution in [1.29, 1.82) is 0 Å². The van der Waals surface area contributed by atoms with Gasteiger partial charge in [0.15, 0.2) is 0 Å². The number of carbonyl (C=O) groups excluding carboxylic acids is 2. The molecule has 0 aliphatic carbocycles. The van der Waals surface area contributed by atoms with Crippen LogP contribution in [0.3, 0.4) is 0 Å². The van der Waals surface area contributed by atoms with Crippen LogP contribution >= 0.6 is 0 Å². The van der Waals surface area contributed by atoms with Crippen LogP contribution in [0.25, 0.3) is 0 Å². The first-order chi connectivity index (χ1) is 7.02. The van der Waals surface area contributed by atoms with E-state index in [0.29, 0.717) is 0 Å². The van der Waals surface area contributed by atoms with Crippen molar-refractivity contribution >= 4 is 11.9 Å². The molecule has 0 bridgehead atoms. The molecule has 4 heteroatoms. The second kappa shape index (κ2) is 3.08. The summed E-state index contributed by atoms with van der Waals surface area (Å²) in [5.41, 5.74) is 0.966. The van der Waals surface area contributed by atoms with Crippen molar-refractivity contribution in [2.45, 2.75) is 19.4 Å². The lowest BCUT2D eigenvalue weighted by Gasteiger charge is -2.20. The quantitative estimate of drug-likeness (QED) is 0.672. The first-order valence-electron chi connectivity index (χ1n) is 4.73. The fourth-order valence-electron chi connectivity index (χ4n) is 1.63. The molecule has 0 saturated carbocycles. The lowest BCUT2D eigenvalue weighted by Crippen LogP contribution is -2.40. The largest absolute Gasteiger partial charge is 0.322 e. The van der Waals surface area contributed by atoms with Gasteiger partial charge in [-0.3, -0.25) is 10.1 Å². The molecule has 15 heavy (non-hydrogen) atoms. The summed E-state index contributed by atoms with van der Waals surface area (Å²) in [6, 6.07) is 7.08. The number of carbonyl (C=O) groups is 2. The predicted molar refractivity (Wildman–Crippen MR) is 55.2 cm³/mol. The van der Waals surface area contributed by atoms with Crippen LogP contribution in [-0.4, -0.2) is 11.9 Å². The van der Waals surface area contributed by atoms with Gasteiger partial charge in [0.1, 0.15) is 5.54 Å². The Morgan fingerprint density at radius 1 is 1.13 bits per heavy atom. The van der Waals surface area contributed by atoms with E-state index in [2.05, 4.69) is 10.6 Å². The number of hydrogen-bond acceptors (Lipinski definition) is 2. The molecule has 1 aliphatic rings. The van der Waals surface area contributed by atoms with Crippen LogP contribution in [0.1, 0.15) is 18.1 Å². The first-order valence-corrected chi connectivity index (χ1v) is 4.73. The zero-order chi connectivity index (χ0) is 11.1. The third-order valence-electron chi connectivity index (χ3n) is 2.67. The minimum Gasteiger partial charge on any atom is -0.320 e. The van der Waals surface area contributed by atoms with E-state index in [1.165, 1.54) is 0 Å². The highest BCUT2D eigenvalue weighted by Gasteiger charge is 2.43. The molecule has 1 unspecified atom stereocenters. The van der Waals surface area contributed by atoms with Gasteiger partial charge in [-0.2, -0.15) is 0 Å². The number of aryl methyl sites for hydroxylation is 1. The fourth-order valence-corrected chi connectivity index (χ4v) is 1.63. The molecule has 3 amide bonds. The number of rotatable bonds is 1. The van der Waals surface area contributed by atoms with Crippen LogP contribution in [0, 0.1) is 6.92 Å². The van der Waals surface area contributed by atoms with Gasteiger partial charge in [0.05, 0.1) is 0 Å². The van der Waals surface area contributed by atoms with Gasteiger partial charge in [-0.1, -0.05) is 29.8 Å². The van der Waals surface area contributed by atoms with Crippen LogP contribution < -0.4 is 10.6 Å². The lowest BCUT2D eigenvalue weighted by atomic mass is 9.92. The van der Waals surface area contributed by atoms with Crippen molar-refractivity contribution in [2.75, 3.05) is 0 Å². The molecule has 1 fully saturated rings. The van der Waals surface area contributed by atoms with E-state index in [9.17, 15) is 9.59 Å². The highest BCUT2D eigenvalue weighted by Crippen LogP contribution is 2.24. The van der Waals surface area contributed by atoms with Crippen LogP contribution in [0.2, 0.25) is 0 Å². The Hall–Kier alpha value is -1.84. The summed E-state index contributed by atoms with van der Waals surface area (Å²) in [6.07, 6.45) is 0. The molecule has 2 N–H and O–H groups in total. The van der Waals surface area contributed by atoms with E-state index < -0.39 is 11.6 Å². The van der Waals surface area contributed by atoms with Gasteiger partial charge in [0.2, 0.25) is 0 Å². The Morgan fingerprint density at radius 3 is 2.20 bits per heavy atom. The summed E-state index contributed by atoms with van der Waals surface area (Å²) in [6.45, 7) is 3.66. The van der Waals surface area contributed by atoms with Crippen LogP contribution in [0.5, 0.6) is 0 Å². The molecule has 0 aromatic heterocycles. The number of nitrogens with one attached hydrogen (secondary N) is 2. The monoisotopic (exact) mass is 204 g/mol. The Balaban J connectivity index is 2.41. The standard InChI is InChI=1S/C11H12N2O2/c1-7-3-5-8(6-4-7)11(2)9(14)12-10(15)13-11/h3-6H,1-2H3,(H2,12,13,14,15). The number of urea groups is 1. The normalized spacial score (nSPS) is 24.9. The van der Waals surface area contributed by atoms with Gasteiger partial charge in [0.25, 0.3) is 5.91 Å². The zero-order valence-corrected chi connectivity index (χ0v) is 8.63. The Morgan fingerprint density at radius 2 is 1.73 bits per heavy atom. The third-order valence-corrected chi connectivity index (χ3v) is 2.67. The molecule has 1 aromatic rings. The SMILES string of the molecule is Cc1ccc(C2(C)NC(=O)NC2=O)cc1. The summed E-state index contributed by atoms with van der Waals surface area (Å²) < 4.78 is 0. The number of imide groups is 1. The molecule has 0 radical (unpaired) electrons.